The molecule has 29 heavy (non-hydrogen) atoms. The quantitative estimate of drug-likeness (QED) is 0.560. The first-order valence-electron chi connectivity index (χ1n) is 8.88. The van der Waals surface area contributed by atoms with Gasteiger partial charge in [0.25, 0.3) is 10.0 Å². The van der Waals surface area contributed by atoms with Crippen molar-refractivity contribution in [2.24, 2.45) is 0 Å². The summed E-state index contributed by atoms with van der Waals surface area (Å²) in [6.45, 7) is 3.13. The fourth-order valence-electron chi connectivity index (χ4n) is 3.36. The third kappa shape index (κ3) is 3.84. The third-order valence-corrected chi connectivity index (χ3v) is 7.04. The Morgan fingerprint density at radius 3 is 2.83 bits per heavy atom. The minimum absolute atomic E-state index is 0. The number of furan rings is 1. The van der Waals surface area contributed by atoms with Crippen molar-refractivity contribution < 1.29 is 27.0 Å². The highest BCUT2D eigenvalue weighted by Gasteiger charge is 2.35. The van der Waals surface area contributed by atoms with Gasteiger partial charge in [0.05, 0.1) is 22.7 Å². The normalized spacial score (nSPS) is 18.6. The van der Waals surface area contributed by atoms with Gasteiger partial charge in [-0.1, -0.05) is 35.6 Å². The number of amides is 1. The first kappa shape index (κ1) is 19.8. The maximum atomic E-state index is 12.8. The van der Waals surface area contributed by atoms with E-state index in [2.05, 4.69) is 15.0 Å². The molecule has 10 heteroatoms. The summed E-state index contributed by atoms with van der Waals surface area (Å²) >= 11 is 1.20. The van der Waals surface area contributed by atoms with Crippen molar-refractivity contribution in [1.82, 2.24) is 9.71 Å². The number of fused-ring (bicyclic) bond motifs is 1. The van der Waals surface area contributed by atoms with Crippen LogP contribution in [0.2, 0.25) is 0 Å². The van der Waals surface area contributed by atoms with E-state index in [4.69, 9.17) is 4.42 Å². The molecule has 3 aromatic rings. The summed E-state index contributed by atoms with van der Waals surface area (Å²) in [4.78, 5) is 16.1. The van der Waals surface area contributed by atoms with Crippen molar-refractivity contribution in [3.8, 4) is 10.6 Å². The lowest BCUT2D eigenvalue weighted by molar-refractivity contribution is -0.114. The Morgan fingerprint density at radius 1 is 1.31 bits per heavy atom. The second-order valence-corrected chi connectivity index (χ2v) is 9.45. The molecule has 4 rings (SSSR count). The van der Waals surface area contributed by atoms with E-state index in [0.29, 0.717) is 27.9 Å². The van der Waals surface area contributed by atoms with Crippen molar-refractivity contribution in [2.45, 2.75) is 37.5 Å². The average molecular weight is 440 g/mol. The number of sulfonamides is 1. The number of aryl methyl sites for hydroxylation is 1. The predicted octanol–water partition coefficient (Wildman–Crippen LogP) is 3.34. The molecule has 158 valence electrons. The molecule has 0 bridgehead atoms. The molecule has 0 aliphatic heterocycles. The molecule has 8 nitrogen and oxygen atoms in total. The van der Waals surface area contributed by atoms with E-state index in [9.17, 15) is 18.3 Å². The molecule has 2 aromatic heterocycles. The van der Waals surface area contributed by atoms with Crippen LogP contribution in [0.1, 0.15) is 34.1 Å². The third-order valence-electron chi connectivity index (χ3n) is 4.64. The first-order chi connectivity index (χ1) is 13.7. The number of aliphatic hydroxyl groups is 1. The number of aliphatic hydroxyl groups excluding tert-OH is 1. The van der Waals surface area contributed by atoms with E-state index in [1.165, 1.54) is 24.3 Å². The van der Waals surface area contributed by atoms with Crippen LogP contribution in [0.4, 0.5) is 5.13 Å². The summed E-state index contributed by atoms with van der Waals surface area (Å²) in [7, 11) is -3.99. The number of nitrogens with zero attached hydrogens (tertiary/aromatic N) is 1. The monoisotopic (exact) mass is 439 g/mol. The van der Waals surface area contributed by atoms with Gasteiger partial charge in [0, 0.05) is 17.6 Å². The molecule has 0 fully saturated rings. The molecule has 3 N–H and O–H groups in total. The van der Waals surface area contributed by atoms with Gasteiger partial charge in [-0.05, 0) is 30.2 Å². The van der Waals surface area contributed by atoms with E-state index in [1.54, 1.807) is 19.1 Å². The first-order valence-corrected chi connectivity index (χ1v) is 11.2. The van der Waals surface area contributed by atoms with Crippen LogP contribution < -0.4 is 10.0 Å². The van der Waals surface area contributed by atoms with E-state index in [1.807, 2.05) is 18.2 Å². The van der Waals surface area contributed by atoms with Crippen LogP contribution in [0.25, 0.3) is 10.6 Å². The number of carbonyl (C=O) groups is 1. The second kappa shape index (κ2) is 7.38. The van der Waals surface area contributed by atoms with E-state index in [0.717, 1.165) is 11.1 Å². The van der Waals surface area contributed by atoms with Gasteiger partial charge in [-0.25, -0.2) is 13.4 Å². The zero-order valence-corrected chi connectivity index (χ0v) is 17.3. The number of hydrogen-bond donors (Lipinski definition) is 3. The lowest BCUT2D eigenvalue weighted by atomic mass is 10.1. The second-order valence-electron chi connectivity index (χ2n) is 6.80. The van der Waals surface area contributed by atoms with E-state index in [-0.39, 0.29) is 15.3 Å². The number of anilines is 1. The fourth-order valence-corrected chi connectivity index (χ4v) is 5.51. The average Bonchev–Trinajstić information content (AvgIpc) is 3.33. The zero-order valence-electron chi connectivity index (χ0n) is 15.7. The maximum absolute atomic E-state index is 12.8. The Morgan fingerprint density at radius 2 is 2.07 bits per heavy atom. The van der Waals surface area contributed by atoms with Crippen LogP contribution in [-0.2, 0) is 21.2 Å². The van der Waals surface area contributed by atoms with Crippen LogP contribution in [0.5, 0.6) is 0 Å². The minimum Gasteiger partial charge on any atom is -0.442 e. The van der Waals surface area contributed by atoms with Gasteiger partial charge in [0.2, 0.25) is 11.0 Å². The standard InChI is InChI=1S/C19H19N3O5S2.3H2/c1-10-18(28-19(20-10)21-11(2)23)15-7-8-16(27-15)29(25,26)22-17-13-6-4-3-5-12(13)9-14(17)24;;;/h3-8,14,17,22,24H,9H2,1-2H3,(H,20,21,23);3*1H/t14-,17+;;;/m1.../s1. The number of rotatable bonds is 5. The summed E-state index contributed by atoms with van der Waals surface area (Å²) in [6, 6.07) is 9.51. The predicted molar refractivity (Wildman–Crippen MR) is 114 cm³/mol. The highest BCUT2D eigenvalue weighted by Crippen LogP contribution is 2.36. The van der Waals surface area contributed by atoms with Crippen LogP contribution in [0.3, 0.4) is 0 Å². The van der Waals surface area contributed by atoms with Gasteiger partial charge in [-0.2, -0.15) is 4.72 Å². The maximum Gasteiger partial charge on any atom is 0.274 e. The molecular weight excluding hydrogens is 414 g/mol. The Kier molecular flexibility index (Phi) is 5.03. The van der Waals surface area contributed by atoms with Crippen molar-refractivity contribution >= 4 is 32.4 Å². The number of thiazole rings is 1. The van der Waals surface area contributed by atoms with Gasteiger partial charge in [0.1, 0.15) is 5.76 Å². The molecule has 2 heterocycles. The Bertz CT molecular complexity index is 1200. The molecule has 1 amide bonds. The molecule has 2 atom stereocenters. The number of aromatic nitrogens is 1. The number of carbonyl (C=O) groups excluding carboxylic acids is 1. The molecule has 0 saturated heterocycles. The Hall–Kier alpha value is -2.53. The Labute approximate surface area is 176 Å². The highest BCUT2D eigenvalue weighted by molar-refractivity contribution is 7.89. The molecule has 1 aliphatic carbocycles. The van der Waals surface area contributed by atoms with Crippen LogP contribution in [0, 0.1) is 6.92 Å². The molecule has 0 spiro atoms. The van der Waals surface area contributed by atoms with E-state index >= 15 is 0 Å². The van der Waals surface area contributed by atoms with Gasteiger partial charge in [-0.15, -0.1) is 0 Å². The largest absolute Gasteiger partial charge is 0.442 e. The van der Waals surface area contributed by atoms with Crippen molar-refractivity contribution in [1.29, 1.82) is 0 Å². The lowest BCUT2D eigenvalue weighted by Crippen LogP contribution is -2.33. The van der Waals surface area contributed by atoms with Gasteiger partial charge in [-0.3, -0.25) is 4.79 Å². The molecule has 0 radical (unpaired) electrons. The summed E-state index contributed by atoms with van der Waals surface area (Å²) in [5.74, 6) is 0.0944. The molecule has 0 unspecified atom stereocenters. The fraction of sp³-hybridized carbons (Fsp3) is 0.263. The molecule has 0 saturated carbocycles. The topological polar surface area (TPSA) is 122 Å². The highest BCUT2D eigenvalue weighted by atomic mass is 32.2. The summed E-state index contributed by atoms with van der Waals surface area (Å²) in [6.07, 6.45) is -0.459. The molecule has 1 aromatic carbocycles. The summed E-state index contributed by atoms with van der Waals surface area (Å²) < 4.78 is 33.8. The SMILES string of the molecule is CC(=O)Nc1nc(C)c(-c2ccc(S(=O)(=O)N[C@H]3c4ccccc4C[C@H]3O)o2)s1.[HH].[HH].[HH]. The molecular formula is C19H25N3O5S2. The number of benzene rings is 1. The van der Waals surface area contributed by atoms with Crippen LogP contribution in [0.15, 0.2) is 45.9 Å². The number of nitrogens with one attached hydrogen (secondary N) is 2. The van der Waals surface area contributed by atoms with Gasteiger partial charge >= 0.3 is 0 Å². The summed E-state index contributed by atoms with van der Waals surface area (Å²) in [5.41, 5.74) is 2.29. The van der Waals surface area contributed by atoms with Gasteiger partial charge in [0.15, 0.2) is 5.13 Å². The van der Waals surface area contributed by atoms with Crippen molar-refractivity contribution in [2.75, 3.05) is 5.32 Å². The van der Waals surface area contributed by atoms with E-state index < -0.39 is 22.2 Å². The van der Waals surface area contributed by atoms with Crippen molar-refractivity contribution in [3.63, 3.8) is 0 Å². The lowest BCUT2D eigenvalue weighted by Gasteiger charge is -2.17. The van der Waals surface area contributed by atoms with Gasteiger partial charge < -0.3 is 14.8 Å². The van der Waals surface area contributed by atoms with Crippen LogP contribution in [-0.4, -0.2) is 30.5 Å². The number of hydrogen-bond acceptors (Lipinski definition) is 7. The summed E-state index contributed by atoms with van der Waals surface area (Å²) in [5, 5.41) is 13.1. The Balaban J connectivity index is 0.00000171. The van der Waals surface area contributed by atoms with Crippen LogP contribution >= 0.6 is 11.3 Å². The zero-order chi connectivity index (χ0) is 20.8. The smallest absolute Gasteiger partial charge is 0.274 e. The minimum atomic E-state index is -3.99. The van der Waals surface area contributed by atoms with Crippen molar-refractivity contribution in [3.05, 3.63) is 53.2 Å². The molecule has 1 aliphatic rings.